The maximum Gasteiger partial charge on any atom is 0.417 e. The van der Waals surface area contributed by atoms with Crippen LogP contribution in [-0.4, -0.2) is 16.2 Å². The molecule has 0 saturated carbocycles. The Balaban J connectivity index is 3.59. The lowest BCUT2D eigenvalue weighted by molar-refractivity contribution is -0.137. The van der Waals surface area contributed by atoms with Gasteiger partial charge in [-0.1, -0.05) is 15.9 Å². The molecule has 7 heteroatoms. The van der Waals surface area contributed by atoms with Crippen LogP contribution in [-0.2, 0) is 6.18 Å². The number of nitriles is 1. The van der Waals surface area contributed by atoms with Gasteiger partial charge in [0.15, 0.2) is 5.78 Å². The Kier molecular flexibility index (Phi) is 3.78. The Morgan fingerprint density at radius 2 is 2.06 bits per heavy atom. The molecule has 1 aromatic rings. The van der Waals surface area contributed by atoms with E-state index >= 15 is 0 Å². The smallest absolute Gasteiger partial charge is 0.417 e. The van der Waals surface area contributed by atoms with Crippen LogP contribution >= 0.6 is 15.9 Å². The summed E-state index contributed by atoms with van der Waals surface area (Å²) in [6.07, 6.45) is -4.80. The molecule has 1 N–H and O–H groups in total. The number of carbonyl (C=O) groups is 1. The molecular weight excluding hydrogens is 303 g/mol. The fourth-order valence-corrected chi connectivity index (χ4v) is 1.56. The van der Waals surface area contributed by atoms with Gasteiger partial charge in [-0.05, 0) is 12.1 Å². The van der Waals surface area contributed by atoms with E-state index < -0.39 is 34.4 Å². The predicted molar refractivity (Wildman–Crippen MR) is 55.9 cm³/mol. The quantitative estimate of drug-likeness (QED) is 0.675. The van der Waals surface area contributed by atoms with Crippen molar-refractivity contribution >= 4 is 21.7 Å². The van der Waals surface area contributed by atoms with E-state index in [1.54, 1.807) is 0 Å². The second kappa shape index (κ2) is 4.75. The number of Topliss-reactive ketones (excluding diaryl/α,β-unsaturated/α-hetero) is 1. The highest BCUT2D eigenvalue weighted by Crippen LogP contribution is 2.35. The SMILES string of the molecule is N#Cc1c(C(=O)CBr)cc(O)cc1C(F)(F)F. The third-order valence-electron chi connectivity index (χ3n) is 1.96. The van der Waals surface area contributed by atoms with Gasteiger partial charge < -0.3 is 5.11 Å². The van der Waals surface area contributed by atoms with Crippen molar-refractivity contribution < 1.29 is 23.1 Å². The molecule has 0 bridgehead atoms. The average molecular weight is 308 g/mol. The van der Waals surface area contributed by atoms with Crippen LogP contribution < -0.4 is 0 Å². The maximum atomic E-state index is 12.6. The number of ketones is 1. The first-order chi connectivity index (χ1) is 7.81. The molecule has 1 aromatic carbocycles. The van der Waals surface area contributed by atoms with E-state index in [4.69, 9.17) is 10.4 Å². The van der Waals surface area contributed by atoms with Crippen LogP contribution in [0.3, 0.4) is 0 Å². The van der Waals surface area contributed by atoms with Crippen LogP contribution in [0.1, 0.15) is 21.5 Å². The molecule has 1 rings (SSSR count). The van der Waals surface area contributed by atoms with Gasteiger partial charge in [-0.3, -0.25) is 4.79 Å². The number of phenols is 1. The summed E-state index contributed by atoms with van der Waals surface area (Å²) in [6.45, 7) is 0. The van der Waals surface area contributed by atoms with Crippen molar-refractivity contribution in [1.29, 1.82) is 5.26 Å². The lowest BCUT2D eigenvalue weighted by Gasteiger charge is -2.11. The van der Waals surface area contributed by atoms with Crippen LogP contribution in [0.4, 0.5) is 13.2 Å². The van der Waals surface area contributed by atoms with E-state index in [1.807, 2.05) is 0 Å². The second-order valence-corrected chi connectivity index (χ2v) is 3.64. The summed E-state index contributed by atoms with van der Waals surface area (Å²) in [5.74, 6) is -1.41. The molecule has 0 unspecified atom stereocenters. The van der Waals surface area contributed by atoms with Crippen molar-refractivity contribution in [3.05, 3.63) is 28.8 Å². The molecule has 17 heavy (non-hydrogen) atoms. The number of hydrogen-bond acceptors (Lipinski definition) is 3. The van der Waals surface area contributed by atoms with Gasteiger partial charge in [-0.25, -0.2) is 0 Å². The predicted octanol–water partition coefficient (Wildman–Crippen LogP) is 2.86. The van der Waals surface area contributed by atoms with Crippen molar-refractivity contribution in [2.75, 3.05) is 5.33 Å². The molecule has 0 amide bonds. The zero-order valence-corrected chi connectivity index (χ0v) is 9.76. The van der Waals surface area contributed by atoms with Crippen LogP contribution in [0.5, 0.6) is 5.75 Å². The largest absolute Gasteiger partial charge is 0.508 e. The standard InChI is InChI=1S/C10H5BrF3NO2/c11-3-9(17)6-1-5(16)2-8(7(6)4-15)10(12,13)14/h1-2,16H,3H2. The van der Waals surface area contributed by atoms with Gasteiger partial charge in [0.25, 0.3) is 0 Å². The van der Waals surface area contributed by atoms with E-state index in [9.17, 15) is 18.0 Å². The van der Waals surface area contributed by atoms with E-state index in [1.165, 1.54) is 6.07 Å². The van der Waals surface area contributed by atoms with Gasteiger partial charge in [-0.15, -0.1) is 0 Å². The molecule has 0 aromatic heterocycles. The van der Waals surface area contributed by atoms with Gasteiger partial charge in [0.2, 0.25) is 0 Å². The number of carbonyl (C=O) groups excluding carboxylic acids is 1. The van der Waals surface area contributed by atoms with Crippen molar-refractivity contribution in [1.82, 2.24) is 0 Å². The zero-order valence-electron chi connectivity index (χ0n) is 8.18. The van der Waals surface area contributed by atoms with Crippen molar-refractivity contribution in [3.8, 4) is 11.8 Å². The molecule has 0 saturated heterocycles. The van der Waals surface area contributed by atoms with Gasteiger partial charge in [0, 0.05) is 5.56 Å². The summed E-state index contributed by atoms with van der Waals surface area (Å²) in [5, 5.41) is 17.6. The minimum Gasteiger partial charge on any atom is -0.508 e. The molecule has 0 heterocycles. The first-order valence-electron chi connectivity index (χ1n) is 4.24. The monoisotopic (exact) mass is 307 g/mol. The number of phenolic OH excluding ortho intramolecular Hbond substituents is 1. The number of nitrogens with zero attached hydrogens (tertiary/aromatic N) is 1. The fraction of sp³-hybridized carbons (Fsp3) is 0.200. The number of benzene rings is 1. The van der Waals surface area contributed by atoms with E-state index in [-0.39, 0.29) is 5.33 Å². The summed E-state index contributed by atoms with van der Waals surface area (Å²) in [5.41, 5.74) is -2.54. The molecule has 90 valence electrons. The Hall–Kier alpha value is -1.55. The van der Waals surface area contributed by atoms with Crippen molar-refractivity contribution in [2.45, 2.75) is 6.18 Å². The molecule has 0 atom stereocenters. The highest BCUT2D eigenvalue weighted by atomic mass is 79.9. The first-order valence-corrected chi connectivity index (χ1v) is 5.37. The van der Waals surface area contributed by atoms with Gasteiger partial charge in [0.05, 0.1) is 16.5 Å². The Morgan fingerprint density at radius 1 is 1.47 bits per heavy atom. The average Bonchev–Trinajstić information content (AvgIpc) is 2.25. The Labute approximate surface area is 103 Å². The maximum absolute atomic E-state index is 12.6. The number of rotatable bonds is 2. The van der Waals surface area contributed by atoms with E-state index in [0.29, 0.717) is 6.07 Å². The highest BCUT2D eigenvalue weighted by Gasteiger charge is 2.36. The molecule has 0 fully saturated rings. The highest BCUT2D eigenvalue weighted by molar-refractivity contribution is 9.09. The molecule has 0 radical (unpaired) electrons. The number of halogens is 4. The van der Waals surface area contributed by atoms with Crippen LogP contribution in [0.25, 0.3) is 0 Å². The van der Waals surface area contributed by atoms with Crippen LogP contribution in [0.15, 0.2) is 12.1 Å². The molecule has 0 spiro atoms. The number of hydrogen-bond donors (Lipinski definition) is 1. The summed E-state index contributed by atoms with van der Waals surface area (Å²) in [4.78, 5) is 11.3. The topological polar surface area (TPSA) is 61.1 Å². The summed E-state index contributed by atoms with van der Waals surface area (Å²) in [6, 6.07) is 2.61. The minimum absolute atomic E-state index is 0.234. The molecule has 0 aliphatic carbocycles. The van der Waals surface area contributed by atoms with Crippen molar-refractivity contribution in [3.63, 3.8) is 0 Å². The summed E-state index contributed by atoms with van der Waals surface area (Å²) >= 11 is 2.79. The third kappa shape index (κ3) is 2.77. The van der Waals surface area contributed by atoms with Crippen LogP contribution in [0, 0.1) is 11.3 Å². The second-order valence-electron chi connectivity index (χ2n) is 3.08. The summed E-state index contributed by atoms with van der Waals surface area (Å²) in [7, 11) is 0. The molecular formula is C10H5BrF3NO2. The molecule has 3 nitrogen and oxygen atoms in total. The van der Waals surface area contributed by atoms with Gasteiger partial charge in [-0.2, -0.15) is 18.4 Å². The summed E-state index contributed by atoms with van der Waals surface area (Å²) < 4.78 is 37.7. The third-order valence-corrected chi connectivity index (χ3v) is 2.47. The minimum atomic E-state index is -4.80. The van der Waals surface area contributed by atoms with Gasteiger partial charge >= 0.3 is 6.18 Å². The molecule has 0 aliphatic rings. The number of aromatic hydroxyl groups is 1. The van der Waals surface area contributed by atoms with Crippen molar-refractivity contribution in [2.24, 2.45) is 0 Å². The first kappa shape index (κ1) is 13.5. The Bertz CT molecular complexity index is 505. The lowest BCUT2D eigenvalue weighted by Crippen LogP contribution is -2.12. The Morgan fingerprint density at radius 3 is 2.47 bits per heavy atom. The molecule has 0 aliphatic heterocycles. The van der Waals surface area contributed by atoms with E-state index in [2.05, 4.69) is 15.9 Å². The van der Waals surface area contributed by atoms with Gasteiger partial charge in [0.1, 0.15) is 11.8 Å². The zero-order chi connectivity index (χ0) is 13.2. The number of alkyl halides is 4. The lowest BCUT2D eigenvalue weighted by atomic mass is 9.98. The van der Waals surface area contributed by atoms with E-state index in [0.717, 1.165) is 6.07 Å². The van der Waals surface area contributed by atoms with Crippen LogP contribution in [0.2, 0.25) is 0 Å². The fourth-order valence-electron chi connectivity index (χ4n) is 1.26. The normalized spacial score (nSPS) is 11.0.